The zero-order valence-corrected chi connectivity index (χ0v) is 15.0. The van der Waals surface area contributed by atoms with Gasteiger partial charge in [0.1, 0.15) is 5.75 Å². The summed E-state index contributed by atoms with van der Waals surface area (Å²) in [6.45, 7) is 0.513. The number of rotatable bonds is 7. The molecular weight excluding hydrogens is 356 g/mol. The summed E-state index contributed by atoms with van der Waals surface area (Å²) in [4.78, 5) is 14.0. The topological polar surface area (TPSA) is 41.6 Å². The maximum Gasteiger partial charge on any atom is 0.224 e. The Morgan fingerprint density at radius 3 is 2.70 bits per heavy atom. The molecule has 0 unspecified atom stereocenters. The van der Waals surface area contributed by atoms with Crippen LogP contribution in [0, 0.1) is 0 Å². The minimum absolute atomic E-state index is 0.00265. The third-order valence-corrected chi connectivity index (χ3v) is 3.77. The Labute approximate surface area is 145 Å². The van der Waals surface area contributed by atoms with Gasteiger partial charge in [-0.15, -0.1) is 0 Å². The third kappa shape index (κ3) is 5.60. The summed E-state index contributed by atoms with van der Waals surface area (Å²) in [6.07, 6.45) is 1.10. The van der Waals surface area contributed by atoms with Crippen LogP contribution in [0.2, 0.25) is 0 Å². The second-order valence-electron chi connectivity index (χ2n) is 5.37. The lowest BCUT2D eigenvalue weighted by atomic mass is 10.2. The van der Waals surface area contributed by atoms with Crippen molar-refractivity contribution in [3.8, 4) is 5.75 Å². The Bertz CT molecular complexity index is 659. The molecule has 0 aliphatic carbocycles. The number of para-hydroxylation sites is 2. The zero-order chi connectivity index (χ0) is 16.7. The number of benzene rings is 2. The van der Waals surface area contributed by atoms with E-state index in [0.29, 0.717) is 19.4 Å². The first-order chi connectivity index (χ1) is 11.1. The third-order valence-electron chi connectivity index (χ3n) is 3.27. The van der Waals surface area contributed by atoms with Crippen LogP contribution in [0.5, 0.6) is 5.75 Å². The maximum atomic E-state index is 12.1. The van der Waals surface area contributed by atoms with Crippen molar-refractivity contribution in [2.24, 2.45) is 0 Å². The largest absolute Gasteiger partial charge is 0.494 e. The molecule has 23 heavy (non-hydrogen) atoms. The molecule has 0 saturated carbocycles. The summed E-state index contributed by atoms with van der Waals surface area (Å²) < 4.78 is 6.61. The van der Waals surface area contributed by atoms with Crippen LogP contribution in [0.3, 0.4) is 0 Å². The van der Waals surface area contributed by atoms with E-state index < -0.39 is 0 Å². The first-order valence-electron chi connectivity index (χ1n) is 7.51. The van der Waals surface area contributed by atoms with Gasteiger partial charge in [-0.25, -0.2) is 0 Å². The molecule has 5 heteroatoms. The van der Waals surface area contributed by atoms with Gasteiger partial charge in [0.25, 0.3) is 0 Å². The summed E-state index contributed by atoms with van der Waals surface area (Å²) in [5.74, 6) is 0.801. The molecule has 0 aliphatic rings. The zero-order valence-electron chi connectivity index (χ0n) is 13.4. The van der Waals surface area contributed by atoms with Crippen molar-refractivity contribution < 1.29 is 9.53 Å². The lowest BCUT2D eigenvalue weighted by Gasteiger charge is -2.17. The highest BCUT2D eigenvalue weighted by Crippen LogP contribution is 2.23. The Hall–Kier alpha value is -2.01. The molecule has 0 fully saturated rings. The molecule has 0 saturated heterocycles. The molecule has 0 atom stereocenters. The molecule has 2 aromatic rings. The van der Waals surface area contributed by atoms with Crippen molar-refractivity contribution >= 4 is 33.2 Å². The number of carbonyl (C=O) groups is 1. The number of ether oxygens (including phenoxy) is 1. The highest BCUT2D eigenvalue weighted by molar-refractivity contribution is 9.10. The van der Waals surface area contributed by atoms with Crippen molar-refractivity contribution in [2.75, 3.05) is 30.9 Å². The van der Waals surface area contributed by atoms with Crippen LogP contribution in [0.4, 0.5) is 11.4 Å². The second kappa shape index (κ2) is 8.58. The van der Waals surface area contributed by atoms with Gasteiger partial charge in [0, 0.05) is 25.0 Å². The Kier molecular flexibility index (Phi) is 6.47. The molecule has 4 nitrogen and oxygen atoms in total. The summed E-state index contributed by atoms with van der Waals surface area (Å²) in [5.41, 5.74) is 1.82. The van der Waals surface area contributed by atoms with E-state index in [1.165, 1.54) is 0 Å². The molecule has 2 aromatic carbocycles. The number of nitrogens with zero attached hydrogens (tertiary/aromatic N) is 1. The quantitative estimate of drug-likeness (QED) is 0.731. The summed E-state index contributed by atoms with van der Waals surface area (Å²) in [6, 6.07) is 15.4. The van der Waals surface area contributed by atoms with Crippen molar-refractivity contribution in [3.63, 3.8) is 0 Å². The number of amides is 1. The van der Waals surface area contributed by atoms with Gasteiger partial charge >= 0.3 is 0 Å². The molecule has 0 radical (unpaired) electrons. The number of nitrogens with one attached hydrogen (secondary N) is 1. The van der Waals surface area contributed by atoms with E-state index in [2.05, 4.69) is 21.2 Å². The second-order valence-corrected chi connectivity index (χ2v) is 6.28. The van der Waals surface area contributed by atoms with Gasteiger partial charge in [-0.2, -0.15) is 0 Å². The standard InChI is InChI=1S/C18H21BrN2O2/c1-21(2)17-10-4-3-9-16(17)20-18(22)11-6-12-23-15-8-5-7-14(19)13-15/h3-5,7-10,13H,6,11-12H2,1-2H3,(H,20,22). The minimum atomic E-state index is -0.00265. The maximum absolute atomic E-state index is 12.1. The molecule has 1 N–H and O–H groups in total. The van der Waals surface area contributed by atoms with Gasteiger partial charge < -0.3 is 15.0 Å². The van der Waals surface area contributed by atoms with Crippen LogP contribution in [-0.4, -0.2) is 26.6 Å². The Morgan fingerprint density at radius 1 is 1.17 bits per heavy atom. The predicted octanol–water partition coefficient (Wildman–Crippen LogP) is 4.31. The summed E-state index contributed by atoms with van der Waals surface area (Å²) >= 11 is 3.40. The highest BCUT2D eigenvalue weighted by atomic mass is 79.9. The first-order valence-corrected chi connectivity index (χ1v) is 8.30. The summed E-state index contributed by atoms with van der Waals surface area (Å²) in [5, 5.41) is 2.96. The molecule has 0 bridgehead atoms. The van der Waals surface area contributed by atoms with E-state index in [-0.39, 0.29) is 5.91 Å². The van der Waals surface area contributed by atoms with E-state index in [9.17, 15) is 4.79 Å². The number of hydrogen-bond donors (Lipinski definition) is 1. The van der Waals surface area contributed by atoms with Crippen LogP contribution in [0.1, 0.15) is 12.8 Å². The van der Waals surface area contributed by atoms with Gasteiger partial charge in [0.05, 0.1) is 18.0 Å². The molecular formula is C18H21BrN2O2. The van der Waals surface area contributed by atoms with Crippen molar-refractivity contribution in [1.29, 1.82) is 0 Å². The Balaban J connectivity index is 1.77. The van der Waals surface area contributed by atoms with Gasteiger partial charge in [-0.3, -0.25) is 4.79 Å². The van der Waals surface area contributed by atoms with E-state index in [1.54, 1.807) is 0 Å². The Morgan fingerprint density at radius 2 is 1.96 bits per heavy atom. The molecule has 1 amide bonds. The number of halogens is 1. The molecule has 122 valence electrons. The smallest absolute Gasteiger partial charge is 0.224 e. The first kappa shape index (κ1) is 17.3. The number of hydrogen-bond acceptors (Lipinski definition) is 3. The predicted molar refractivity (Wildman–Crippen MR) is 98.3 cm³/mol. The van der Waals surface area contributed by atoms with Gasteiger partial charge in [-0.1, -0.05) is 34.1 Å². The number of anilines is 2. The fraction of sp³-hybridized carbons (Fsp3) is 0.278. The van der Waals surface area contributed by atoms with Gasteiger partial charge in [-0.05, 0) is 36.8 Å². The average Bonchev–Trinajstić information content (AvgIpc) is 2.52. The molecule has 2 rings (SSSR count). The highest BCUT2D eigenvalue weighted by Gasteiger charge is 2.07. The van der Waals surface area contributed by atoms with E-state index in [0.717, 1.165) is 21.6 Å². The minimum Gasteiger partial charge on any atom is -0.494 e. The normalized spacial score (nSPS) is 10.2. The van der Waals surface area contributed by atoms with Gasteiger partial charge in [0.15, 0.2) is 0 Å². The molecule has 0 aromatic heterocycles. The molecule has 0 heterocycles. The number of carbonyl (C=O) groups excluding carboxylic acids is 1. The molecule has 0 spiro atoms. The van der Waals surface area contributed by atoms with Crippen LogP contribution >= 0.6 is 15.9 Å². The average molecular weight is 377 g/mol. The van der Waals surface area contributed by atoms with Crippen molar-refractivity contribution in [2.45, 2.75) is 12.8 Å². The van der Waals surface area contributed by atoms with Gasteiger partial charge in [0.2, 0.25) is 5.91 Å². The van der Waals surface area contributed by atoms with E-state index in [1.807, 2.05) is 67.5 Å². The van der Waals surface area contributed by atoms with Crippen molar-refractivity contribution in [1.82, 2.24) is 0 Å². The fourth-order valence-corrected chi connectivity index (χ4v) is 2.54. The lowest BCUT2D eigenvalue weighted by molar-refractivity contribution is -0.116. The van der Waals surface area contributed by atoms with Crippen LogP contribution in [0.15, 0.2) is 53.0 Å². The monoisotopic (exact) mass is 376 g/mol. The molecule has 0 aliphatic heterocycles. The fourth-order valence-electron chi connectivity index (χ4n) is 2.16. The van der Waals surface area contributed by atoms with Crippen molar-refractivity contribution in [3.05, 3.63) is 53.0 Å². The lowest BCUT2D eigenvalue weighted by Crippen LogP contribution is -2.17. The van der Waals surface area contributed by atoms with Crippen LogP contribution in [0.25, 0.3) is 0 Å². The van der Waals surface area contributed by atoms with E-state index in [4.69, 9.17) is 4.74 Å². The van der Waals surface area contributed by atoms with E-state index >= 15 is 0 Å². The SMILES string of the molecule is CN(C)c1ccccc1NC(=O)CCCOc1cccc(Br)c1. The summed E-state index contributed by atoms with van der Waals surface area (Å²) in [7, 11) is 3.91. The van der Waals surface area contributed by atoms with Crippen LogP contribution < -0.4 is 15.0 Å². The van der Waals surface area contributed by atoms with Crippen LogP contribution in [-0.2, 0) is 4.79 Å².